The van der Waals surface area contributed by atoms with E-state index in [1.165, 1.54) is 11.1 Å². The number of rotatable bonds is 7. The van der Waals surface area contributed by atoms with Gasteiger partial charge in [-0.2, -0.15) is 0 Å². The summed E-state index contributed by atoms with van der Waals surface area (Å²) in [6, 6.07) is 14.5. The summed E-state index contributed by atoms with van der Waals surface area (Å²) in [6.45, 7) is 13.3. The molecule has 0 saturated heterocycles. The molecule has 0 spiro atoms. The Balaban J connectivity index is 2.00. The van der Waals surface area contributed by atoms with Gasteiger partial charge in [-0.3, -0.25) is 0 Å². The van der Waals surface area contributed by atoms with Crippen molar-refractivity contribution in [3.63, 3.8) is 0 Å². The molecule has 0 saturated carbocycles. The average molecular weight is 389 g/mol. The predicted octanol–water partition coefficient (Wildman–Crippen LogP) is 7.17. The molecule has 148 valence electrons. The molecule has 1 atom stereocenters. The molecule has 0 amide bonds. The quantitative estimate of drug-likeness (QED) is 0.500. The smallest absolute Gasteiger partial charge is 0.137 e. The number of hydrogen-bond donors (Lipinski definition) is 0. The highest BCUT2D eigenvalue weighted by atomic mass is 35.5. The molecule has 0 aromatic heterocycles. The van der Waals surface area contributed by atoms with Gasteiger partial charge >= 0.3 is 0 Å². The van der Waals surface area contributed by atoms with Crippen LogP contribution in [-0.2, 0) is 10.8 Å². The first-order valence-electron chi connectivity index (χ1n) is 9.64. The zero-order valence-electron chi connectivity index (χ0n) is 17.7. The van der Waals surface area contributed by atoms with Gasteiger partial charge in [-0.05, 0) is 66.0 Å². The van der Waals surface area contributed by atoms with Crippen LogP contribution in [0.5, 0.6) is 11.5 Å². The van der Waals surface area contributed by atoms with Crippen LogP contribution in [0.1, 0.15) is 65.5 Å². The summed E-state index contributed by atoms with van der Waals surface area (Å²) in [5, 5.41) is 0.659. The first-order valence-corrected chi connectivity index (χ1v) is 10.0. The lowest BCUT2D eigenvalue weighted by Gasteiger charge is -2.28. The van der Waals surface area contributed by atoms with Gasteiger partial charge in [-0.25, -0.2) is 0 Å². The Morgan fingerprint density at radius 3 is 2.26 bits per heavy atom. The third-order valence-corrected chi connectivity index (χ3v) is 5.44. The Morgan fingerprint density at radius 1 is 0.963 bits per heavy atom. The SMILES string of the molecule is COc1ccc(C(C)(C)CCC(C)Oc2cccc(C(C)(C)C)c2)cc1Cl. The highest BCUT2D eigenvalue weighted by Crippen LogP contribution is 2.35. The third kappa shape index (κ3) is 5.90. The maximum Gasteiger partial charge on any atom is 0.137 e. The molecule has 2 aromatic carbocycles. The molecule has 27 heavy (non-hydrogen) atoms. The van der Waals surface area contributed by atoms with Crippen LogP contribution in [-0.4, -0.2) is 13.2 Å². The molecule has 3 heteroatoms. The minimum Gasteiger partial charge on any atom is -0.495 e. The molecule has 2 rings (SSSR count). The Bertz CT molecular complexity index is 759. The lowest BCUT2D eigenvalue weighted by molar-refractivity contribution is 0.196. The van der Waals surface area contributed by atoms with E-state index in [0.29, 0.717) is 10.8 Å². The average Bonchev–Trinajstić information content (AvgIpc) is 2.59. The second kappa shape index (κ2) is 8.56. The number of methoxy groups -OCH3 is 1. The lowest BCUT2D eigenvalue weighted by Crippen LogP contribution is -2.22. The highest BCUT2D eigenvalue weighted by molar-refractivity contribution is 6.32. The fourth-order valence-corrected chi connectivity index (χ4v) is 3.38. The fraction of sp³-hybridized carbons (Fsp3) is 0.500. The second-order valence-electron chi connectivity index (χ2n) is 8.98. The first-order chi connectivity index (χ1) is 12.5. The van der Waals surface area contributed by atoms with E-state index in [-0.39, 0.29) is 16.9 Å². The zero-order valence-corrected chi connectivity index (χ0v) is 18.5. The van der Waals surface area contributed by atoms with Gasteiger partial charge in [-0.1, -0.05) is 64.4 Å². The van der Waals surface area contributed by atoms with Crippen LogP contribution < -0.4 is 9.47 Å². The van der Waals surface area contributed by atoms with Crippen molar-refractivity contribution in [2.24, 2.45) is 0 Å². The Kier molecular flexibility index (Phi) is 6.86. The lowest BCUT2D eigenvalue weighted by atomic mass is 9.80. The van der Waals surface area contributed by atoms with E-state index < -0.39 is 0 Å². The van der Waals surface area contributed by atoms with Crippen LogP contribution in [0, 0.1) is 0 Å². The van der Waals surface area contributed by atoms with Crippen molar-refractivity contribution in [1.82, 2.24) is 0 Å². The van der Waals surface area contributed by atoms with Gasteiger partial charge < -0.3 is 9.47 Å². The summed E-state index contributed by atoms with van der Waals surface area (Å²) >= 11 is 6.31. The van der Waals surface area contributed by atoms with Crippen LogP contribution in [0.25, 0.3) is 0 Å². The van der Waals surface area contributed by atoms with Gasteiger partial charge in [0.05, 0.1) is 18.2 Å². The Hall–Kier alpha value is -1.67. The van der Waals surface area contributed by atoms with Crippen molar-refractivity contribution in [3.8, 4) is 11.5 Å². The van der Waals surface area contributed by atoms with Gasteiger partial charge in [0.1, 0.15) is 11.5 Å². The summed E-state index contributed by atoms with van der Waals surface area (Å²) in [7, 11) is 1.64. The van der Waals surface area contributed by atoms with Crippen LogP contribution >= 0.6 is 11.6 Å². The first kappa shape index (κ1) is 21.6. The molecule has 0 aliphatic carbocycles. The van der Waals surface area contributed by atoms with Crippen molar-refractivity contribution >= 4 is 11.6 Å². The largest absolute Gasteiger partial charge is 0.495 e. The molecule has 0 N–H and O–H groups in total. The van der Waals surface area contributed by atoms with Gasteiger partial charge in [0.25, 0.3) is 0 Å². The van der Waals surface area contributed by atoms with Crippen LogP contribution in [0.2, 0.25) is 5.02 Å². The van der Waals surface area contributed by atoms with Crippen LogP contribution in [0.4, 0.5) is 0 Å². The molecular weight excluding hydrogens is 356 g/mol. The van der Waals surface area contributed by atoms with Gasteiger partial charge in [0, 0.05) is 0 Å². The van der Waals surface area contributed by atoms with E-state index >= 15 is 0 Å². The number of ether oxygens (including phenoxy) is 2. The summed E-state index contributed by atoms with van der Waals surface area (Å²) in [6.07, 6.45) is 2.12. The molecule has 0 bridgehead atoms. The molecule has 1 unspecified atom stereocenters. The van der Waals surface area contributed by atoms with Crippen molar-refractivity contribution in [3.05, 3.63) is 58.6 Å². The molecule has 0 aliphatic rings. The van der Waals surface area contributed by atoms with Crippen molar-refractivity contribution in [2.45, 2.75) is 71.3 Å². The number of benzene rings is 2. The molecule has 2 nitrogen and oxygen atoms in total. The van der Waals surface area contributed by atoms with Crippen LogP contribution in [0.3, 0.4) is 0 Å². The molecule has 0 fully saturated rings. The molecule has 2 aromatic rings. The maximum absolute atomic E-state index is 6.31. The van der Waals surface area contributed by atoms with E-state index in [9.17, 15) is 0 Å². The molecule has 0 radical (unpaired) electrons. The standard InChI is InChI=1S/C24H33ClO2/c1-17(27-20-10-8-9-18(15-20)23(2,3)4)13-14-24(5,6)19-11-12-22(26-7)21(25)16-19/h8-12,15-17H,13-14H2,1-7H3. The van der Waals surface area contributed by atoms with Gasteiger partial charge in [0.2, 0.25) is 0 Å². The molecule has 0 aliphatic heterocycles. The van der Waals surface area contributed by atoms with Crippen LogP contribution in [0.15, 0.2) is 42.5 Å². The van der Waals surface area contributed by atoms with Crippen molar-refractivity contribution < 1.29 is 9.47 Å². The zero-order chi connectivity index (χ0) is 20.2. The normalized spacial score (nSPS) is 13.3. The predicted molar refractivity (Wildman–Crippen MR) is 115 cm³/mol. The fourth-order valence-electron chi connectivity index (χ4n) is 3.12. The third-order valence-electron chi connectivity index (χ3n) is 5.15. The number of halogens is 1. The van der Waals surface area contributed by atoms with E-state index in [1.807, 2.05) is 18.2 Å². The van der Waals surface area contributed by atoms with Gasteiger partial charge in [0.15, 0.2) is 0 Å². The van der Waals surface area contributed by atoms with E-state index in [0.717, 1.165) is 18.6 Å². The minimum atomic E-state index is 0.0147. The summed E-state index contributed by atoms with van der Waals surface area (Å²) in [5.74, 6) is 1.66. The minimum absolute atomic E-state index is 0.0147. The van der Waals surface area contributed by atoms with E-state index in [4.69, 9.17) is 21.1 Å². The Labute approximate surface area is 169 Å². The summed E-state index contributed by atoms with van der Waals surface area (Å²) < 4.78 is 11.5. The maximum atomic E-state index is 6.31. The van der Waals surface area contributed by atoms with Crippen molar-refractivity contribution in [2.75, 3.05) is 7.11 Å². The molecular formula is C24H33ClO2. The second-order valence-corrected chi connectivity index (χ2v) is 9.39. The topological polar surface area (TPSA) is 18.5 Å². The molecule has 0 heterocycles. The Morgan fingerprint density at radius 2 is 1.67 bits per heavy atom. The van der Waals surface area contributed by atoms with E-state index in [2.05, 4.69) is 65.8 Å². The summed E-state index contributed by atoms with van der Waals surface area (Å²) in [5.41, 5.74) is 2.65. The highest BCUT2D eigenvalue weighted by Gasteiger charge is 2.23. The van der Waals surface area contributed by atoms with E-state index in [1.54, 1.807) is 7.11 Å². The number of hydrogen-bond acceptors (Lipinski definition) is 2. The van der Waals surface area contributed by atoms with Gasteiger partial charge in [-0.15, -0.1) is 0 Å². The summed E-state index contributed by atoms with van der Waals surface area (Å²) in [4.78, 5) is 0. The monoisotopic (exact) mass is 388 g/mol. The van der Waals surface area contributed by atoms with Crippen molar-refractivity contribution in [1.29, 1.82) is 0 Å².